The third kappa shape index (κ3) is 1.86. The molecule has 1 aliphatic heterocycles. The van der Waals surface area contributed by atoms with Crippen LogP contribution in [0.3, 0.4) is 0 Å². The molecule has 0 spiro atoms. The highest BCUT2D eigenvalue weighted by atomic mass is 16.1. The van der Waals surface area contributed by atoms with Crippen molar-refractivity contribution in [2.75, 3.05) is 11.1 Å². The van der Waals surface area contributed by atoms with Crippen LogP contribution in [0.15, 0.2) is 42.7 Å². The third-order valence-electron chi connectivity index (χ3n) is 3.86. The minimum atomic E-state index is 0.0442. The van der Waals surface area contributed by atoms with Gasteiger partial charge in [-0.2, -0.15) is 0 Å². The molecule has 0 saturated carbocycles. The van der Waals surface area contributed by atoms with Gasteiger partial charge in [0.1, 0.15) is 6.33 Å². The van der Waals surface area contributed by atoms with Gasteiger partial charge < -0.3 is 11.1 Å². The molecule has 104 valence electrons. The number of aromatic nitrogens is 2. The molecule has 0 radical (unpaired) electrons. The fraction of sp³-hybridized carbons (Fsp3) is 0.125. The van der Waals surface area contributed by atoms with Gasteiger partial charge in [-0.25, -0.2) is 4.98 Å². The fourth-order valence-electron chi connectivity index (χ4n) is 2.79. The van der Waals surface area contributed by atoms with Crippen molar-refractivity contribution in [1.82, 2.24) is 9.55 Å². The summed E-state index contributed by atoms with van der Waals surface area (Å²) < 4.78 is 1.99. The van der Waals surface area contributed by atoms with Gasteiger partial charge in [-0.1, -0.05) is 12.1 Å². The van der Waals surface area contributed by atoms with Crippen molar-refractivity contribution in [3.8, 4) is 5.69 Å². The highest BCUT2D eigenvalue weighted by Crippen LogP contribution is 2.31. The van der Waals surface area contributed by atoms with E-state index in [-0.39, 0.29) is 5.91 Å². The molecule has 5 nitrogen and oxygen atoms in total. The molecule has 2 aromatic carbocycles. The number of nitrogen functional groups attached to an aromatic ring is 1. The van der Waals surface area contributed by atoms with E-state index in [4.69, 9.17) is 5.73 Å². The predicted octanol–water partition coefficient (Wildman–Crippen LogP) is 2.49. The second-order valence-electron chi connectivity index (χ2n) is 5.22. The number of hydrogen-bond donors (Lipinski definition) is 2. The van der Waals surface area contributed by atoms with E-state index in [2.05, 4.69) is 10.3 Å². The zero-order chi connectivity index (χ0) is 14.4. The lowest BCUT2D eigenvalue weighted by molar-refractivity contribution is -0.116. The molecular weight excluding hydrogens is 264 g/mol. The van der Waals surface area contributed by atoms with Crippen molar-refractivity contribution < 1.29 is 4.79 Å². The first-order chi connectivity index (χ1) is 10.2. The molecule has 0 saturated heterocycles. The van der Waals surface area contributed by atoms with E-state index >= 15 is 0 Å². The number of nitrogens with zero attached hydrogens (tertiary/aromatic N) is 2. The molecule has 0 aliphatic carbocycles. The van der Waals surface area contributed by atoms with Gasteiger partial charge >= 0.3 is 0 Å². The summed E-state index contributed by atoms with van der Waals surface area (Å²) in [7, 11) is 0. The number of imidazole rings is 1. The maximum absolute atomic E-state index is 11.5. The maximum Gasteiger partial charge on any atom is 0.224 e. The largest absolute Gasteiger partial charge is 0.397 e. The van der Waals surface area contributed by atoms with Gasteiger partial charge in [0.25, 0.3) is 0 Å². The second kappa shape index (κ2) is 4.34. The van der Waals surface area contributed by atoms with Gasteiger partial charge in [0.2, 0.25) is 5.91 Å². The van der Waals surface area contributed by atoms with Crippen LogP contribution in [-0.4, -0.2) is 15.5 Å². The Hall–Kier alpha value is -2.82. The van der Waals surface area contributed by atoms with Crippen LogP contribution in [0.2, 0.25) is 0 Å². The Morgan fingerprint density at radius 1 is 1.19 bits per heavy atom. The summed E-state index contributed by atoms with van der Waals surface area (Å²) in [6.07, 6.45) is 3.03. The Balaban J connectivity index is 1.91. The van der Waals surface area contributed by atoms with Gasteiger partial charge in [-0.3, -0.25) is 9.36 Å². The molecule has 4 rings (SSSR count). The van der Waals surface area contributed by atoms with Crippen LogP contribution in [0.25, 0.3) is 16.7 Å². The van der Waals surface area contributed by atoms with Crippen molar-refractivity contribution >= 4 is 28.3 Å². The van der Waals surface area contributed by atoms with E-state index in [9.17, 15) is 4.79 Å². The lowest BCUT2D eigenvalue weighted by atomic mass is 10.0. The number of rotatable bonds is 1. The summed E-state index contributed by atoms with van der Waals surface area (Å²) in [6, 6.07) is 11.8. The van der Waals surface area contributed by atoms with Crippen LogP contribution in [0.4, 0.5) is 11.4 Å². The molecule has 0 bridgehead atoms. The minimum Gasteiger partial charge on any atom is -0.397 e. The van der Waals surface area contributed by atoms with E-state index in [0.29, 0.717) is 12.1 Å². The maximum atomic E-state index is 11.5. The Morgan fingerprint density at radius 2 is 2.05 bits per heavy atom. The Bertz CT molecular complexity index is 866. The first-order valence-corrected chi connectivity index (χ1v) is 6.87. The standard InChI is InChI=1S/C16H14N4O/c17-11-8-13-10(5-6-16(21)19-13)7-15(11)20-9-18-12-3-1-2-4-14(12)20/h1-4,7-9H,5-6,17H2,(H,19,21). The Kier molecular flexibility index (Phi) is 2.47. The molecule has 2 heterocycles. The number of hydrogen-bond acceptors (Lipinski definition) is 3. The number of amides is 1. The van der Waals surface area contributed by atoms with E-state index in [0.717, 1.165) is 34.4 Å². The normalized spacial score (nSPS) is 14.0. The van der Waals surface area contributed by atoms with Gasteiger partial charge in [0, 0.05) is 12.1 Å². The third-order valence-corrected chi connectivity index (χ3v) is 3.86. The summed E-state index contributed by atoms with van der Waals surface area (Å²) in [5.41, 5.74) is 11.6. The quantitative estimate of drug-likeness (QED) is 0.672. The topological polar surface area (TPSA) is 72.9 Å². The molecule has 5 heteroatoms. The van der Waals surface area contributed by atoms with Gasteiger partial charge in [-0.15, -0.1) is 0 Å². The SMILES string of the molecule is Nc1cc2c(cc1-n1cnc3ccccc31)CCC(=O)N2. The van der Waals surface area contributed by atoms with Crippen molar-refractivity contribution in [3.05, 3.63) is 48.3 Å². The summed E-state index contributed by atoms with van der Waals surface area (Å²) in [4.78, 5) is 15.9. The number of nitrogens with two attached hydrogens (primary N) is 1. The highest BCUT2D eigenvalue weighted by molar-refractivity contribution is 5.95. The van der Waals surface area contributed by atoms with Crippen molar-refractivity contribution in [2.45, 2.75) is 12.8 Å². The number of carbonyl (C=O) groups is 1. The van der Waals surface area contributed by atoms with Gasteiger partial charge in [-0.05, 0) is 36.2 Å². The predicted molar refractivity (Wildman–Crippen MR) is 82.4 cm³/mol. The summed E-state index contributed by atoms with van der Waals surface area (Å²) in [6.45, 7) is 0. The van der Waals surface area contributed by atoms with E-state index < -0.39 is 0 Å². The molecule has 21 heavy (non-hydrogen) atoms. The molecule has 0 fully saturated rings. The number of para-hydroxylation sites is 2. The first-order valence-electron chi connectivity index (χ1n) is 6.87. The molecule has 3 aromatic rings. The van der Waals surface area contributed by atoms with Crippen LogP contribution in [-0.2, 0) is 11.2 Å². The minimum absolute atomic E-state index is 0.0442. The molecule has 3 N–H and O–H groups in total. The highest BCUT2D eigenvalue weighted by Gasteiger charge is 2.18. The summed E-state index contributed by atoms with van der Waals surface area (Å²) >= 11 is 0. The average Bonchev–Trinajstić information content (AvgIpc) is 2.90. The first kappa shape index (κ1) is 12.0. The van der Waals surface area contributed by atoms with E-state index in [1.54, 1.807) is 6.33 Å². The lowest BCUT2D eigenvalue weighted by Gasteiger charge is -2.19. The fourth-order valence-corrected chi connectivity index (χ4v) is 2.79. The Morgan fingerprint density at radius 3 is 2.95 bits per heavy atom. The second-order valence-corrected chi connectivity index (χ2v) is 5.22. The monoisotopic (exact) mass is 278 g/mol. The van der Waals surface area contributed by atoms with Crippen molar-refractivity contribution in [3.63, 3.8) is 0 Å². The average molecular weight is 278 g/mol. The molecule has 0 unspecified atom stereocenters. The van der Waals surface area contributed by atoms with E-state index in [1.807, 2.05) is 41.0 Å². The Labute approximate surface area is 121 Å². The number of anilines is 2. The lowest BCUT2D eigenvalue weighted by Crippen LogP contribution is -2.19. The summed E-state index contributed by atoms with van der Waals surface area (Å²) in [5, 5.41) is 2.87. The van der Waals surface area contributed by atoms with Crippen molar-refractivity contribution in [2.24, 2.45) is 0 Å². The van der Waals surface area contributed by atoms with Crippen LogP contribution < -0.4 is 11.1 Å². The van der Waals surface area contributed by atoms with Crippen LogP contribution in [0, 0.1) is 0 Å². The molecule has 0 atom stereocenters. The molecule has 1 aliphatic rings. The number of fused-ring (bicyclic) bond motifs is 2. The zero-order valence-electron chi connectivity index (χ0n) is 11.3. The molecule has 1 amide bonds. The van der Waals surface area contributed by atoms with Crippen LogP contribution in [0.5, 0.6) is 0 Å². The number of nitrogens with one attached hydrogen (secondary N) is 1. The van der Waals surface area contributed by atoms with Crippen LogP contribution >= 0.6 is 0 Å². The zero-order valence-corrected chi connectivity index (χ0v) is 11.3. The van der Waals surface area contributed by atoms with Gasteiger partial charge in [0.05, 0.1) is 22.4 Å². The number of aryl methyl sites for hydroxylation is 1. The molecular formula is C16H14N4O. The van der Waals surface area contributed by atoms with Crippen LogP contribution in [0.1, 0.15) is 12.0 Å². The number of carbonyl (C=O) groups excluding carboxylic acids is 1. The summed E-state index contributed by atoms with van der Waals surface area (Å²) in [5.74, 6) is 0.0442. The smallest absolute Gasteiger partial charge is 0.224 e. The van der Waals surface area contributed by atoms with Crippen molar-refractivity contribution in [1.29, 1.82) is 0 Å². The molecule has 1 aromatic heterocycles. The van der Waals surface area contributed by atoms with Gasteiger partial charge in [0.15, 0.2) is 0 Å². The number of benzene rings is 2. The van der Waals surface area contributed by atoms with E-state index in [1.165, 1.54) is 0 Å².